The molecule has 2 aromatic carbocycles. The van der Waals surface area contributed by atoms with Crippen LogP contribution in [-0.2, 0) is 19.6 Å². The summed E-state index contributed by atoms with van der Waals surface area (Å²) >= 11 is 1.13. The number of sulfonamides is 1. The first-order chi connectivity index (χ1) is 13.7. The highest BCUT2D eigenvalue weighted by Gasteiger charge is 2.32. The number of rotatable bonds is 6. The van der Waals surface area contributed by atoms with E-state index in [9.17, 15) is 18.0 Å². The lowest BCUT2D eigenvalue weighted by Crippen LogP contribution is -2.28. The number of amides is 2. The number of methoxy groups -OCH3 is 1. The van der Waals surface area contributed by atoms with Gasteiger partial charge >= 0.3 is 0 Å². The molecule has 1 atom stereocenters. The molecule has 0 aliphatic carbocycles. The van der Waals surface area contributed by atoms with Crippen LogP contribution >= 0.6 is 11.8 Å². The highest BCUT2D eigenvalue weighted by Crippen LogP contribution is 2.26. The van der Waals surface area contributed by atoms with E-state index >= 15 is 0 Å². The van der Waals surface area contributed by atoms with Gasteiger partial charge in [-0.2, -0.15) is 0 Å². The van der Waals surface area contributed by atoms with Crippen molar-refractivity contribution in [2.45, 2.75) is 16.6 Å². The maximum atomic E-state index is 12.2. The van der Waals surface area contributed by atoms with Gasteiger partial charge in [0.15, 0.2) is 5.17 Å². The average molecular weight is 434 g/mol. The molecule has 1 fully saturated rings. The van der Waals surface area contributed by atoms with Gasteiger partial charge in [-0.15, -0.1) is 0 Å². The summed E-state index contributed by atoms with van der Waals surface area (Å²) in [4.78, 5) is 28.6. The number of nitrogens with one attached hydrogen (secondary N) is 2. The summed E-state index contributed by atoms with van der Waals surface area (Å²) in [6, 6.07) is 12.5. The van der Waals surface area contributed by atoms with E-state index < -0.39 is 15.3 Å². The Kier molecular flexibility index (Phi) is 6.20. The molecule has 1 saturated heterocycles. The maximum absolute atomic E-state index is 12.2. The standard InChI is InChI=1S/C18H18N4O5S2/c1-27-13-6-2-11(3-7-13)20-16(23)10-15-17(24)22-18(28-15)21-12-4-8-14(9-5-12)29(19,25)26/h2-9,15H,10H2,1H3,(H,20,23)(H2,19,25,26)(H,21,22,24). The predicted molar refractivity (Wildman–Crippen MR) is 111 cm³/mol. The second-order valence-electron chi connectivity index (χ2n) is 6.03. The van der Waals surface area contributed by atoms with Gasteiger partial charge in [0, 0.05) is 12.1 Å². The molecule has 29 heavy (non-hydrogen) atoms. The Morgan fingerprint density at radius 2 is 1.86 bits per heavy atom. The number of anilines is 1. The minimum absolute atomic E-state index is 0.0219. The van der Waals surface area contributed by atoms with E-state index in [4.69, 9.17) is 9.88 Å². The van der Waals surface area contributed by atoms with Gasteiger partial charge < -0.3 is 15.4 Å². The van der Waals surface area contributed by atoms with Crippen molar-refractivity contribution in [2.75, 3.05) is 12.4 Å². The molecule has 1 heterocycles. The van der Waals surface area contributed by atoms with Gasteiger partial charge in [0.25, 0.3) is 0 Å². The molecule has 0 spiro atoms. The lowest BCUT2D eigenvalue weighted by Gasteiger charge is -2.08. The quantitative estimate of drug-likeness (QED) is 0.631. The molecule has 9 nitrogen and oxygen atoms in total. The fourth-order valence-corrected chi connectivity index (χ4v) is 3.98. The van der Waals surface area contributed by atoms with Gasteiger partial charge in [0.2, 0.25) is 21.8 Å². The van der Waals surface area contributed by atoms with Gasteiger partial charge in [-0.05, 0) is 48.5 Å². The fraction of sp³-hybridized carbons (Fsp3) is 0.167. The minimum Gasteiger partial charge on any atom is -0.497 e. The number of amidine groups is 1. The van der Waals surface area contributed by atoms with Gasteiger partial charge in [-0.3, -0.25) is 9.59 Å². The van der Waals surface area contributed by atoms with E-state index in [1.807, 2.05) is 0 Å². The molecular weight excluding hydrogens is 416 g/mol. The van der Waals surface area contributed by atoms with Crippen LogP contribution in [0.2, 0.25) is 0 Å². The zero-order valence-electron chi connectivity index (χ0n) is 15.3. The van der Waals surface area contributed by atoms with E-state index in [2.05, 4.69) is 15.6 Å². The zero-order chi connectivity index (χ0) is 21.0. The van der Waals surface area contributed by atoms with E-state index in [0.717, 1.165) is 11.8 Å². The van der Waals surface area contributed by atoms with Crippen LogP contribution in [0.5, 0.6) is 5.75 Å². The third-order valence-electron chi connectivity index (χ3n) is 3.92. The Balaban J connectivity index is 1.60. The van der Waals surface area contributed by atoms with Crippen LogP contribution in [-0.4, -0.2) is 37.8 Å². The van der Waals surface area contributed by atoms with Gasteiger partial charge in [-0.1, -0.05) is 11.8 Å². The molecule has 0 radical (unpaired) electrons. The highest BCUT2D eigenvalue weighted by molar-refractivity contribution is 8.15. The van der Waals surface area contributed by atoms with Crippen LogP contribution in [0, 0.1) is 0 Å². The Labute approximate surface area is 171 Å². The summed E-state index contributed by atoms with van der Waals surface area (Å²) in [5, 5.41) is 10.1. The molecule has 0 bridgehead atoms. The summed E-state index contributed by atoms with van der Waals surface area (Å²) in [6.07, 6.45) is -0.0219. The number of carbonyl (C=O) groups is 2. The van der Waals surface area contributed by atoms with Crippen molar-refractivity contribution in [3.8, 4) is 5.75 Å². The van der Waals surface area contributed by atoms with E-state index in [1.54, 1.807) is 31.4 Å². The summed E-state index contributed by atoms with van der Waals surface area (Å²) in [6.45, 7) is 0. The molecule has 1 unspecified atom stereocenters. The number of ether oxygens (including phenoxy) is 1. The Morgan fingerprint density at radius 3 is 2.45 bits per heavy atom. The summed E-state index contributed by atoms with van der Waals surface area (Å²) < 4.78 is 27.6. The monoisotopic (exact) mass is 434 g/mol. The van der Waals surface area contributed by atoms with E-state index in [1.165, 1.54) is 24.3 Å². The van der Waals surface area contributed by atoms with Crippen LogP contribution in [0.15, 0.2) is 58.4 Å². The molecule has 2 amide bonds. The van der Waals surface area contributed by atoms with Crippen LogP contribution < -0.4 is 20.5 Å². The van der Waals surface area contributed by atoms with Crippen molar-refractivity contribution in [3.05, 3.63) is 48.5 Å². The van der Waals surface area contributed by atoms with Crippen molar-refractivity contribution >= 4 is 50.1 Å². The summed E-state index contributed by atoms with van der Waals surface area (Å²) in [7, 11) is -2.23. The van der Waals surface area contributed by atoms with Crippen LogP contribution in [0.1, 0.15) is 6.42 Å². The van der Waals surface area contributed by atoms with Gasteiger partial charge in [0.05, 0.1) is 17.7 Å². The summed E-state index contributed by atoms with van der Waals surface area (Å²) in [5.41, 5.74) is 1.05. The molecule has 4 N–H and O–H groups in total. The number of hydrogen-bond acceptors (Lipinski definition) is 7. The summed E-state index contributed by atoms with van der Waals surface area (Å²) in [5.74, 6) is 0.0491. The number of primary sulfonamides is 1. The van der Waals surface area contributed by atoms with Crippen molar-refractivity contribution in [2.24, 2.45) is 10.1 Å². The zero-order valence-corrected chi connectivity index (χ0v) is 16.9. The largest absolute Gasteiger partial charge is 0.497 e. The topological polar surface area (TPSA) is 140 Å². The number of aliphatic imine (C=N–C) groups is 1. The third kappa shape index (κ3) is 5.56. The molecular formula is C18H18N4O5S2. The van der Waals surface area contributed by atoms with Crippen LogP contribution in [0.4, 0.5) is 11.4 Å². The molecule has 2 aromatic rings. The molecule has 0 saturated carbocycles. The van der Waals surface area contributed by atoms with Crippen molar-refractivity contribution < 1.29 is 22.7 Å². The second kappa shape index (κ2) is 8.64. The minimum atomic E-state index is -3.78. The van der Waals surface area contributed by atoms with E-state index in [0.29, 0.717) is 22.3 Å². The number of hydrogen-bond donors (Lipinski definition) is 3. The lowest BCUT2D eigenvalue weighted by atomic mass is 10.2. The molecule has 11 heteroatoms. The van der Waals surface area contributed by atoms with Crippen molar-refractivity contribution in [1.29, 1.82) is 0 Å². The highest BCUT2D eigenvalue weighted by atomic mass is 32.2. The van der Waals surface area contributed by atoms with Gasteiger partial charge in [-0.25, -0.2) is 18.5 Å². The van der Waals surface area contributed by atoms with E-state index in [-0.39, 0.29) is 23.1 Å². The van der Waals surface area contributed by atoms with Crippen LogP contribution in [0.3, 0.4) is 0 Å². The van der Waals surface area contributed by atoms with Crippen molar-refractivity contribution in [1.82, 2.24) is 5.32 Å². The lowest BCUT2D eigenvalue weighted by molar-refractivity contribution is -0.122. The number of carbonyl (C=O) groups excluding carboxylic acids is 2. The van der Waals surface area contributed by atoms with Crippen LogP contribution in [0.25, 0.3) is 0 Å². The first kappa shape index (κ1) is 20.8. The smallest absolute Gasteiger partial charge is 0.240 e. The maximum Gasteiger partial charge on any atom is 0.240 e. The fourth-order valence-electron chi connectivity index (χ4n) is 2.47. The molecule has 152 valence electrons. The number of benzene rings is 2. The Bertz CT molecular complexity index is 1050. The number of thioether (sulfide) groups is 1. The Hall–Kier alpha value is -2.89. The Morgan fingerprint density at radius 1 is 1.21 bits per heavy atom. The SMILES string of the molecule is COc1ccc(NC(=O)CC2SC(=Nc3ccc(S(N)(=O)=O)cc3)NC2=O)cc1. The molecule has 1 aliphatic rings. The number of nitrogens with two attached hydrogens (primary N) is 1. The molecule has 1 aliphatic heterocycles. The van der Waals surface area contributed by atoms with Crippen molar-refractivity contribution in [3.63, 3.8) is 0 Å². The van der Waals surface area contributed by atoms with Gasteiger partial charge in [0.1, 0.15) is 11.0 Å². The first-order valence-electron chi connectivity index (χ1n) is 8.37. The molecule has 3 rings (SSSR count). The molecule has 0 aromatic heterocycles. The predicted octanol–water partition coefficient (Wildman–Crippen LogP) is 1.59. The second-order valence-corrected chi connectivity index (χ2v) is 8.79. The normalized spacial score (nSPS) is 17.8. The number of nitrogens with zero attached hydrogens (tertiary/aromatic N) is 1. The first-order valence-corrected chi connectivity index (χ1v) is 10.8. The third-order valence-corrected chi connectivity index (χ3v) is 5.93. The average Bonchev–Trinajstić information content (AvgIpc) is 3.00.